The average Bonchev–Trinajstić information content (AvgIpc) is 2.18. The minimum Gasteiger partial charge on any atom is -0.489 e. The van der Waals surface area contributed by atoms with E-state index in [0.717, 1.165) is 34.6 Å². The molecule has 0 saturated heterocycles. The lowest BCUT2D eigenvalue weighted by atomic mass is 9.89. The first-order valence-electron chi connectivity index (χ1n) is 5.54. The quantitative estimate of drug-likeness (QED) is 0.917. The van der Waals surface area contributed by atoms with E-state index in [1.54, 1.807) is 0 Å². The van der Waals surface area contributed by atoms with Crippen LogP contribution in [0.3, 0.4) is 0 Å². The topological polar surface area (TPSA) is 21.3 Å². The third-order valence-corrected chi connectivity index (χ3v) is 3.63. The van der Waals surface area contributed by atoms with Gasteiger partial charge in [-0.2, -0.15) is 0 Å². The molecule has 1 N–H and O–H groups in total. The molecule has 0 bridgehead atoms. The van der Waals surface area contributed by atoms with Gasteiger partial charge in [0.05, 0.1) is 4.47 Å². The lowest BCUT2D eigenvalue weighted by Gasteiger charge is -2.36. The van der Waals surface area contributed by atoms with E-state index < -0.39 is 0 Å². The monoisotopic (exact) mass is 303 g/mol. The van der Waals surface area contributed by atoms with Crippen molar-refractivity contribution in [1.82, 2.24) is 5.32 Å². The Labute approximate surface area is 109 Å². The molecule has 0 aromatic heterocycles. The molecule has 0 atom stereocenters. The number of hydrogen-bond donors (Lipinski definition) is 1. The van der Waals surface area contributed by atoms with Crippen LogP contribution in [0.15, 0.2) is 22.7 Å². The average molecular weight is 305 g/mol. The highest BCUT2D eigenvalue weighted by atomic mass is 79.9. The molecule has 88 valence electrons. The Hall–Kier alpha value is -0.250. The number of halogens is 2. The third-order valence-electron chi connectivity index (χ3n) is 2.78. The smallest absolute Gasteiger partial charge is 0.133 e. The van der Waals surface area contributed by atoms with E-state index in [-0.39, 0.29) is 0 Å². The van der Waals surface area contributed by atoms with Crippen LogP contribution in [0.25, 0.3) is 0 Å². The number of hydrogen-bond acceptors (Lipinski definition) is 2. The van der Waals surface area contributed by atoms with Gasteiger partial charge in [0.1, 0.15) is 11.9 Å². The van der Waals surface area contributed by atoms with Gasteiger partial charge in [-0.05, 0) is 53.5 Å². The first-order valence-corrected chi connectivity index (χ1v) is 6.71. The predicted octanol–water partition coefficient (Wildman–Crippen LogP) is 3.62. The number of ether oxygens (including phenoxy) is 1. The molecule has 0 aliphatic heterocycles. The zero-order valence-electron chi connectivity index (χ0n) is 9.17. The lowest BCUT2D eigenvalue weighted by molar-refractivity contribution is 0.0852. The van der Waals surface area contributed by atoms with Crippen LogP contribution >= 0.6 is 27.5 Å². The molecule has 1 fully saturated rings. The summed E-state index contributed by atoms with van der Waals surface area (Å²) in [6, 6.07) is 6.24. The van der Waals surface area contributed by atoms with Crippen LogP contribution in [0, 0.1) is 0 Å². The van der Waals surface area contributed by atoms with Crippen molar-refractivity contribution in [2.24, 2.45) is 0 Å². The van der Waals surface area contributed by atoms with Crippen molar-refractivity contribution in [2.75, 3.05) is 6.54 Å². The molecule has 16 heavy (non-hydrogen) atoms. The highest BCUT2D eigenvalue weighted by Gasteiger charge is 2.30. The first-order chi connectivity index (χ1) is 7.69. The van der Waals surface area contributed by atoms with Crippen molar-refractivity contribution >= 4 is 27.5 Å². The zero-order chi connectivity index (χ0) is 11.5. The van der Waals surface area contributed by atoms with Crippen molar-refractivity contribution in [3.63, 3.8) is 0 Å². The largest absolute Gasteiger partial charge is 0.489 e. The second-order valence-corrected chi connectivity index (χ2v) is 5.33. The molecule has 1 aliphatic rings. The summed E-state index contributed by atoms with van der Waals surface area (Å²) >= 11 is 9.32. The van der Waals surface area contributed by atoms with Gasteiger partial charge >= 0.3 is 0 Å². The Kier molecular flexibility index (Phi) is 4.11. The SMILES string of the molecule is CCNC1CC(Oc2ccc(Cl)cc2Br)C1. The number of rotatable bonds is 4. The van der Waals surface area contributed by atoms with Crippen LogP contribution in [-0.4, -0.2) is 18.7 Å². The third kappa shape index (κ3) is 2.90. The van der Waals surface area contributed by atoms with Crippen molar-refractivity contribution in [3.8, 4) is 5.75 Å². The summed E-state index contributed by atoms with van der Waals surface area (Å²) in [7, 11) is 0. The zero-order valence-corrected chi connectivity index (χ0v) is 11.5. The van der Waals surface area contributed by atoms with E-state index in [0.29, 0.717) is 12.1 Å². The molecule has 2 nitrogen and oxygen atoms in total. The van der Waals surface area contributed by atoms with Gasteiger partial charge in [-0.1, -0.05) is 18.5 Å². The Morgan fingerprint density at radius 2 is 2.25 bits per heavy atom. The van der Waals surface area contributed by atoms with Crippen molar-refractivity contribution in [2.45, 2.75) is 31.9 Å². The fourth-order valence-electron chi connectivity index (χ4n) is 1.87. The Bertz CT molecular complexity index is 366. The summed E-state index contributed by atoms with van der Waals surface area (Å²) in [5, 5.41) is 4.13. The molecular weight excluding hydrogens is 289 g/mol. The highest BCUT2D eigenvalue weighted by Crippen LogP contribution is 2.32. The maximum absolute atomic E-state index is 5.87. The normalized spacial score (nSPS) is 23.9. The molecule has 2 rings (SSSR count). The first kappa shape index (κ1) is 12.2. The molecule has 1 saturated carbocycles. The molecule has 0 spiro atoms. The van der Waals surface area contributed by atoms with Gasteiger partial charge in [-0.25, -0.2) is 0 Å². The number of nitrogens with one attached hydrogen (secondary N) is 1. The van der Waals surface area contributed by atoms with Gasteiger partial charge in [0, 0.05) is 11.1 Å². The van der Waals surface area contributed by atoms with Crippen LogP contribution < -0.4 is 10.1 Å². The van der Waals surface area contributed by atoms with Crippen LogP contribution in [0.1, 0.15) is 19.8 Å². The maximum Gasteiger partial charge on any atom is 0.133 e. The molecule has 0 amide bonds. The van der Waals surface area contributed by atoms with Gasteiger partial charge in [-0.15, -0.1) is 0 Å². The van der Waals surface area contributed by atoms with Crippen molar-refractivity contribution in [1.29, 1.82) is 0 Å². The predicted molar refractivity (Wildman–Crippen MR) is 70.3 cm³/mol. The van der Waals surface area contributed by atoms with E-state index in [1.165, 1.54) is 0 Å². The van der Waals surface area contributed by atoms with Crippen molar-refractivity contribution in [3.05, 3.63) is 27.7 Å². The summed E-state index contributed by atoms with van der Waals surface area (Å²) in [5.41, 5.74) is 0. The molecule has 1 aromatic carbocycles. The second kappa shape index (κ2) is 5.39. The highest BCUT2D eigenvalue weighted by molar-refractivity contribution is 9.10. The molecule has 4 heteroatoms. The van der Waals surface area contributed by atoms with Gasteiger partial charge < -0.3 is 10.1 Å². The Morgan fingerprint density at radius 3 is 2.88 bits per heavy atom. The maximum atomic E-state index is 5.87. The molecular formula is C12H15BrClNO. The molecule has 1 aromatic rings. The summed E-state index contributed by atoms with van der Waals surface area (Å²) < 4.78 is 6.79. The Morgan fingerprint density at radius 1 is 1.50 bits per heavy atom. The fraction of sp³-hybridized carbons (Fsp3) is 0.500. The molecule has 1 aliphatic carbocycles. The van der Waals surface area contributed by atoms with E-state index in [2.05, 4.69) is 28.2 Å². The Balaban J connectivity index is 1.87. The van der Waals surface area contributed by atoms with Gasteiger partial charge in [0.15, 0.2) is 0 Å². The summed E-state index contributed by atoms with van der Waals surface area (Å²) in [6.07, 6.45) is 2.51. The van der Waals surface area contributed by atoms with Crippen LogP contribution in [0.5, 0.6) is 5.75 Å². The summed E-state index contributed by atoms with van der Waals surface area (Å²) in [6.45, 7) is 3.16. The van der Waals surface area contributed by atoms with E-state index >= 15 is 0 Å². The molecule has 0 radical (unpaired) electrons. The van der Waals surface area contributed by atoms with Gasteiger partial charge in [-0.3, -0.25) is 0 Å². The lowest BCUT2D eigenvalue weighted by Crippen LogP contribution is -2.46. The molecule has 0 unspecified atom stereocenters. The summed E-state index contributed by atoms with van der Waals surface area (Å²) in [5.74, 6) is 0.879. The minimum atomic E-state index is 0.335. The van der Waals surface area contributed by atoms with E-state index in [4.69, 9.17) is 16.3 Å². The van der Waals surface area contributed by atoms with Crippen LogP contribution in [-0.2, 0) is 0 Å². The fourth-order valence-corrected chi connectivity index (χ4v) is 2.64. The minimum absolute atomic E-state index is 0.335. The van der Waals surface area contributed by atoms with E-state index in [1.807, 2.05) is 18.2 Å². The summed E-state index contributed by atoms with van der Waals surface area (Å²) in [4.78, 5) is 0. The van der Waals surface area contributed by atoms with Gasteiger partial charge in [0.2, 0.25) is 0 Å². The number of benzene rings is 1. The standard InChI is InChI=1S/C12H15BrClNO/c1-2-15-9-6-10(7-9)16-12-4-3-8(14)5-11(12)13/h3-5,9-10,15H,2,6-7H2,1H3. The van der Waals surface area contributed by atoms with E-state index in [9.17, 15) is 0 Å². The van der Waals surface area contributed by atoms with Crippen LogP contribution in [0.2, 0.25) is 5.02 Å². The molecule has 0 heterocycles. The second-order valence-electron chi connectivity index (χ2n) is 4.04. The van der Waals surface area contributed by atoms with Crippen molar-refractivity contribution < 1.29 is 4.74 Å². The van der Waals surface area contributed by atoms with Crippen LogP contribution in [0.4, 0.5) is 0 Å². The van der Waals surface area contributed by atoms with Gasteiger partial charge in [0.25, 0.3) is 0 Å².